The molecule has 8 heteroatoms. The Kier molecular flexibility index (Phi) is 8.92. The Bertz CT molecular complexity index is 1030. The van der Waals surface area contributed by atoms with E-state index in [1.54, 1.807) is 27.6 Å². The van der Waals surface area contributed by atoms with E-state index in [9.17, 15) is 4.79 Å². The minimum absolute atomic E-state index is 0. The average Bonchev–Trinajstić information content (AvgIpc) is 3.58. The number of ether oxygens (including phenoxy) is 2. The number of benzene rings is 1. The molecule has 4 heterocycles. The van der Waals surface area contributed by atoms with Crippen LogP contribution in [0.1, 0.15) is 37.7 Å². The molecule has 0 radical (unpaired) electrons. The van der Waals surface area contributed by atoms with E-state index in [-0.39, 0.29) is 29.2 Å². The summed E-state index contributed by atoms with van der Waals surface area (Å²) in [7, 11) is 2.40. The van der Waals surface area contributed by atoms with Gasteiger partial charge in [-0.1, -0.05) is 18.2 Å². The van der Waals surface area contributed by atoms with Crippen molar-refractivity contribution >= 4 is 34.5 Å². The molecule has 2 aliphatic heterocycles. The number of hydrogen-bond donors (Lipinski definition) is 0. The zero-order valence-electron chi connectivity index (χ0n) is 20.1. The maximum absolute atomic E-state index is 13.3. The fourth-order valence-electron chi connectivity index (χ4n) is 5.71. The Hall–Kier alpha value is -1.87. The Labute approximate surface area is 226 Å². The van der Waals surface area contributed by atoms with E-state index in [4.69, 9.17) is 9.47 Å². The molecule has 2 bridgehead atoms. The lowest BCUT2D eigenvalue weighted by molar-refractivity contribution is -0.949. The van der Waals surface area contributed by atoms with Gasteiger partial charge >= 0.3 is 6.09 Å². The standard InChI is InChI=1S/C27H33N2O3S2.BrH/c1-29(12-5-13-31-25-6-3-2-4-7-25)23-8-9-24(29)17-26(16-23)32-27(30)28(22-11-15-34-20-22)18-21-10-14-33-19-21;/h2-4,6-7,10-11,14-15,19-20,23-24,26H,5,8-9,12-13,16-18H2,1H3;1H/q+1;/p-1. The zero-order valence-corrected chi connectivity index (χ0v) is 23.3. The molecular formula is C27H33BrN2O3S2. The van der Waals surface area contributed by atoms with E-state index >= 15 is 0 Å². The quantitative estimate of drug-likeness (QED) is 0.289. The summed E-state index contributed by atoms with van der Waals surface area (Å²) in [6.45, 7) is 2.41. The van der Waals surface area contributed by atoms with Crippen LogP contribution < -0.4 is 26.6 Å². The van der Waals surface area contributed by atoms with Crippen LogP contribution in [-0.4, -0.2) is 49.0 Å². The summed E-state index contributed by atoms with van der Waals surface area (Å²) in [5, 5.41) is 8.17. The maximum atomic E-state index is 13.3. The van der Waals surface area contributed by atoms with Crippen molar-refractivity contribution in [2.45, 2.75) is 56.8 Å². The second-order valence-electron chi connectivity index (χ2n) is 9.65. The molecule has 5 nitrogen and oxygen atoms in total. The van der Waals surface area contributed by atoms with Crippen molar-refractivity contribution in [3.63, 3.8) is 0 Å². The summed E-state index contributed by atoms with van der Waals surface area (Å²) in [6.07, 6.45) is 5.16. The van der Waals surface area contributed by atoms with Crippen LogP contribution in [0.25, 0.3) is 0 Å². The molecule has 2 unspecified atom stereocenters. The molecule has 35 heavy (non-hydrogen) atoms. The third-order valence-corrected chi connectivity index (χ3v) is 9.00. The van der Waals surface area contributed by atoms with Crippen molar-refractivity contribution in [2.75, 3.05) is 25.1 Å². The Morgan fingerprint density at radius 1 is 1.03 bits per heavy atom. The summed E-state index contributed by atoms with van der Waals surface area (Å²) >= 11 is 3.26. The first-order valence-corrected chi connectivity index (χ1v) is 14.0. The first-order chi connectivity index (χ1) is 16.6. The molecule has 0 aliphatic carbocycles. The van der Waals surface area contributed by atoms with Crippen molar-refractivity contribution in [1.29, 1.82) is 0 Å². The van der Waals surface area contributed by atoms with Gasteiger partial charge in [-0.2, -0.15) is 22.7 Å². The maximum Gasteiger partial charge on any atom is 0.414 e. The molecule has 1 amide bonds. The largest absolute Gasteiger partial charge is 1.00 e. The van der Waals surface area contributed by atoms with Crippen molar-refractivity contribution in [1.82, 2.24) is 0 Å². The molecule has 0 spiro atoms. The fourth-order valence-corrected chi connectivity index (χ4v) is 7.01. The van der Waals surface area contributed by atoms with E-state index in [2.05, 4.69) is 23.9 Å². The van der Waals surface area contributed by atoms with Gasteiger partial charge in [0.2, 0.25) is 0 Å². The number of carbonyl (C=O) groups excluding carboxylic acids is 1. The number of carbonyl (C=O) groups is 1. The van der Waals surface area contributed by atoms with E-state index in [1.807, 2.05) is 47.2 Å². The van der Waals surface area contributed by atoms with Gasteiger partial charge < -0.3 is 30.9 Å². The predicted molar refractivity (Wildman–Crippen MR) is 139 cm³/mol. The molecule has 0 saturated carbocycles. The van der Waals surface area contributed by atoms with E-state index < -0.39 is 0 Å². The SMILES string of the molecule is C[N+]1(CCCOc2ccccc2)C2CCC1CC(OC(=O)N(Cc1ccsc1)c1ccsc1)C2.[Br-]. The molecule has 2 saturated heterocycles. The summed E-state index contributed by atoms with van der Waals surface area (Å²) in [5.41, 5.74) is 2.05. The topological polar surface area (TPSA) is 38.8 Å². The minimum atomic E-state index is -0.221. The molecule has 1 aromatic carbocycles. The number of hydrogen-bond acceptors (Lipinski definition) is 5. The lowest BCUT2D eigenvalue weighted by Gasteiger charge is -2.47. The Morgan fingerprint density at radius 3 is 2.40 bits per heavy atom. The van der Waals surface area contributed by atoms with Crippen LogP contribution in [0.15, 0.2) is 64.0 Å². The lowest BCUT2D eigenvalue weighted by Crippen LogP contribution is -3.00. The Balaban J connectivity index is 0.00000289. The van der Waals surface area contributed by atoms with Crippen LogP contribution in [0.2, 0.25) is 0 Å². The average molecular weight is 578 g/mol. The number of halogens is 1. The number of para-hydroxylation sites is 1. The highest BCUT2D eigenvalue weighted by Crippen LogP contribution is 2.42. The number of amides is 1. The van der Waals surface area contributed by atoms with Crippen molar-refractivity contribution in [3.8, 4) is 5.75 Å². The van der Waals surface area contributed by atoms with Crippen LogP contribution in [0.5, 0.6) is 5.75 Å². The predicted octanol–water partition coefficient (Wildman–Crippen LogP) is 3.57. The van der Waals surface area contributed by atoms with E-state index in [0.717, 1.165) is 53.9 Å². The second kappa shape index (κ2) is 11.9. The summed E-state index contributed by atoms with van der Waals surface area (Å²) in [6, 6.07) is 15.2. The molecule has 188 valence electrons. The summed E-state index contributed by atoms with van der Waals surface area (Å²) in [4.78, 5) is 15.0. The van der Waals surface area contributed by atoms with Gasteiger partial charge in [0.1, 0.15) is 11.9 Å². The summed E-state index contributed by atoms with van der Waals surface area (Å²) < 4.78 is 13.2. The first kappa shape index (κ1) is 26.2. The molecule has 3 aromatic rings. The summed E-state index contributed by atoms with van der Waals surface area (Å²) in [5.74, 6) is 0.941. The molecule has 2 fully saturated rings. The van der Waals surface area contributed by atoms with Gasteiger partial charge in [-0.05, 0) is 46.0 Å². The van der Waals surface area contributed by atoms with Gasteiger partial charge in [-0.3, -0.25) is 4.90 Å². The van der Waals surface area contributed by atoms with Gasteiger partial charge in [-0.15, -0.1) is 0 Å². The van der Waals surface area contributed by atoms with Crippen molar-refractivity contribution in [3.05, 3.63) is 69.5 Å². The van der Waals surface area contributed by atoms with Crippen LogP contribution >= 0.6 is 22.7 Å². The number of piperidine rings is 1. The molecule has 2 atom stereocenters. The van der Waals surface area contributed by atoms with Crippen LogP contribution in [0.4, 0.5) is 10.5 Å². The van der Waals surface area contributed by atoms with Gasteiger partial charge in [0, 0.05) is 37.5 Å². The number of rotatable bonds is 9. The molecular weight excluding hydrogens is 544 g/mol. The van der Waals surface area contributed by atoms with Gasteiger partial charge in [0.25, 0.3) is 0 Å². The van der Waals surface area contributed by atoms with Crippen LogP contribution in [0.3, 0.4) is 0 Å². The molecule has 2 aliphatic rings. The van der Waals surface area contributed by atoms with Crippen molar-refractivity contribution in [2.24, 2.45) is 0 Å². The first-order valence-electron chi connectivity index (χ1n) is 12.2. The zero-order chi connectivity index (χ0) is 23.4. The molecule has 0 N–H and O–H groups in total. The smallest absolute Gasteiger partial charge is 0.414 e. The van der Waals surface area contributed by atoms with Crippen LogP contribution in [-0.2, 0) is 11.3 Å². The highest BCUT2D eigenvalue weighted by molar-refractivity contribution is 7.08. The molecule has 5 rings (SSSR count). The highest BCUT2D eigenvalue weighted by atomic mass is 79.9. The van der Waals surface area contributed by atoms with Gasteiger partial charge in [0.05, 0.1) is 44.5 Å². The highest BCUT2D eigenvalue weighted by Gasteiger charge is 2.52. The van der Waals surface area contributed by atoms with Gasteiger partial charge in [0.15, 0.2) is 0 Å². The number of quaternary nitrogens is 1. The number of fused-ring (bicyclic) bond motifs is 2. The van der Waals surface area contributed by atoms with Crippen LogP contribution in [0, 0.1) is 0 Å². The van der Waals surface area contributed by atoms with Gasteiger partial charge in [-0.25, -0.2) is 4.79 Å². The normalized spacial score (nSPS) is 25.0. The lowest BCUT2D eigenvalue weighted by atomic mass is 9.96. The third kappa shape index (κ3) is 6.10. The van der Waals surface area contributed by atoms with E-state index in [1.165, 1.54) is 12.8 Å². The number of thiophene rings is 2. The monoisotopic (exact) mass is 576 g/mol. The fraction of sp³-hybridized carbons (Fsp3) is 0.444. The Morgan fingerprint density at radius 2 is 1.74 bits per heavy atom. The minimum Gasteiger partial charge on any atom is -1.00 e. The number of anilines is 1. The second-order valence-corrected chi connectivity index (χ2v) is 11.2. The van der Waals surface area contributed by atoms with E-state index in [0.29, 0.717) is 18.6 Å². The molecule has 2 aromatic heterocycles. The van der Waals surface area contributed by atoms with Crippen molar-refractivity contribution < 1.29 is 35.7 Å². The third-order valence-electron chi connectivity index (χ3n) is 7.59. The number of nitrogens with zero attached hydrogens (tertiary/aromatic N) is 2.